The maximum Gasteiger partial charge on any atom is 0.573 e. The fourth-order valence-corrected chi connectivity index (χ4v) is 2.77. The Kier molecular flexibility index (Phi) is 3.10. The molecule has 20 heavy (non-hydrogen) atoms. The summed E-state index contributed by atoms with van der Waals surface area (Å²) in [6.07, 6.45) is -4.67. The van der Waals surface area contributed by atoms with Gasteiger partial charge in [0.05, 0.1) is 10.2 Å². The van der Waals surface area contributed by atoms with Gasteiger partial charge in [0.2, 0.25) is 0 Å². The van der Waals surface area contributed by atoms with Crippen LogP contribution in [-0.2, 0) is 0 Å². The smallest absolute Gasteiger partial charge is 0.406 e. The Hall–Kier alpha value is -2.08. The molecule has 0 aliphatic heterocycles. The highest BCUT2D eigenvalue weighted by Crippen LogP contribution is 2.31. The minimum atomic E-state index is -4.67. The van der Waals surface area contributed by atoms with Gasteiger partial charge >= 0.3 is 6.36 Å². The minimum absolute atomic E-state index is 0.234. The van der Waals surface area contributed by atoms with Crippen LogP contribution in [0.15, 0.2) is 48.5 Å². The predicted octanol–water partition coefficient (Wildman–Crippen LogP) is 4.86. The van der Waals surface area contributed by atoms with E-state index < -0.39 is 6.36 Å². The fraction of sp³-hybridized carbons (Fsp3) is 0.0714. The molecule has 0 atom stereocenters. The van der Waals surface area contributed by atoms with Gasteiger partial charge in [-0.1, -0.05) is 12.1 Å². The van der Waals surface area contributed by atoms with Gasteiger partial charge in [-0.2, -0.15) is 0 Å². The van der Waals surface area contributed by atoms with Crippen LogP contribution in [0.5, 0.6) is 5.75 Å². The van der Waals surface area contributed by atoms with Gasteiger partial charge in [0.15, 0.2) is 0 Å². The van der Waals surface area contributed by atoms with Crippen molar-refractivity contribution in [3.63, 3.8) is 0 Å². The standard InChI is InChI=1S/C14H8F3NOS/c15-14(16,17)19-10-7-5-9(6-8-10)13-18-11-3-1-2-4-12(11)20-13/h1-8H. The van der Waals surface area contributed by atoms with Crippen LogP contribution in [0.2, 0.25) is 0 Å². The first-order valence-electron chi connectivity index (χ1n) is 5.73. The quantitative estimate of drug-likeness (QED) is 0.673. The van der Waals surface area contributed by atoms with Crippen molar-refractivity contribution in [2.75, 3.05) is 0 Å². The van der Waals surface area contributed by atoms with Crippen molar-refractivity contribution >= 4 is 21.6 Å². The summed E-state index contributed by atoms with van der Waals surface area (Å²) in [5.74, 6) is -0.234. The molecule has 0 saturated carbocycles. The molecule has 0 bridgehead atoms. The second-order valence-corrected chi connectivity index (χ2v) is 5.09. The molecule has 6 heteroatoms. The number of nitrogens with zero attached hydrogens (tertiary/aromatic N) is 1. The van der Waals surface area contributed by atoms with Crippen LogP contribution in [0.3, 0.4) is 0 Å². The Morgan fingerprint density at radius 3 is 2.30 bits per heavy atom. The summed E-state index contributed by atoms with van der Waals surface area (Å²) >= 11 is 1.50. The van der Waals surface area contributed by atoms with Crippen LogP contribution in [0, 0.1) is 0 Å². The van der Waals surface area contributed by atoms with Crippen LogP contribution >= 0.6 is 11.3 Å². The molecule has 0 radical (unpaired) electrons. The van der Waals surface area contributed by atoms with Crippen molar-refractivity contribution < 1.29 is 17.9 Å². The van der Waals surface area contributed by atoms with Gasteiger partial charge < -0.3 is 4.74 Å². The number of fused-ring (bicyclic) bond motifs is 1. The van der Waals surface area contributed by atoms with E-state index in [2.05, 4.69) is 9.72 Å². The zero-order chi connectivity index (χ0) is 14.2. The van der Waals surface area contributed by atoms with Gasteiger partial charge in [-0.15, -0.1) is 24.5 Å². The van der Waals surface area contributed by atoms with E-state index in [1.807, 2.05) is 24.3 Å². The molecule has 1 aromatic heterocycles. The van der Waals surface area contributed by atoms with Gasteiger partial charge in [-0.3, -0.25) is 0 Å². The largest absolute Gasteiger partial charge is 0.573 e. The topological polar surface area (TPSA) is 22.1 Å². The Balaban J connectivity index is 1.90. The number of alkyl halides is 3. The third kappa shape index (κ3) is 2.75. The second kappa shape index (κ2) is 4.79. The van der Waals surface area contributed by atoms with E-state index in [1.54, 1.807) is 12.1 Å². The summed E-state index contributed by atoms with van der Waals surface area (Å²) in [5.41, 5.74) is 1.64. The molecular weight excluding hydrogens is 287 g/mol. The van der Waals surface area contributed by atoms with Crippen molar-refractivity contribution in [2.45, 2.75) is 6.36 Å². The Morgan fingerprint density at radius 2 is 1.65 bits per heavy atom. The van der Waals surface area contributed by atoms with Crippen LogP contribution in [0.25, 0.3) is 20.8 Å². The van der Waals surface area contributed by atoms with Gasteiger partial charge in [0.25, 0.3) is 0 Å². The Bertz CT molecular complexity index is 701. The first-order valence-corrected chi connectivity index (χ1v) is 6.55. The molecular formula is C14H8F3NOS. The van der Waals surface area contributed by atoms with E-state index in [9.17, 15) is 13.2 Å². The first-order chi connectivity index (χ1) is 9.51. The van der Waals surface area contributed by atoms with E-state index in [-0.39, 0.29) is 5.75 Å². The van der Waals surface area contributed by atoms with Gasteiger partial charge in [0, 0.05) is 5.56 Å². The molecule has 0 fully saturated rings. The monoisotopic (exact) mass is 295 g/mol. The third-order valence-corrected chi connectivity index (χ3v) is 3.71. The molecule has 2 aromatic carbocycles. The molecule has 102 valence electrons. The van der Waals surface area contributed by atoms with Crippen molar-refractivity contribution in [3.8, 4) is 16.3 Å². The maximum absolute atomic E-state index is 12.1. The van der Waals surface area contributed by atoms with Crippen LogP contribution in [0.1, 0.15) is 0 Å². The van der Waals surface area contributed by atoms with Crippen molar-refractivity contribution in [1.29, 1.82) is 0 Å². The minimum Gasteiger partial charge on any atom is -0.406 e. The van der Waals surface area contributed by atoms with E-state index >= 15 is 0 Å². The third-order valence-electron chi connectivity index (χ3n) is 2.63. The van der Waals surface area contributed by atoms with E-state index in [4.69, 9.17) is 0 Å². The molecule has 3 rings (SSSR count). The lowest BCUT2D eigenvalue weighted by Gasteiger charge is -2.08. The molecule has 0 saturated heterocycles. The summed E-state index contributed by atoms with van der Waals surface area (Å²) in [7, 11) is 0. The molecule has 1 heterocycles. The van der Waals surface area contributed by atoms with Gasteiger partial charge in [-0.05, 0) is 36.4 Å². The fourth-order valence-electron chi connectivity index (χ4n) is 1.79. The van der Waals surface area contributed by atoms with Crippen molar-refractivity contribution in [1.82, 2.24) is 4.98 Å². The normalized spacial score (nSPS) is 11.8. The van der Waals surface area contributed by atoms with Crippen molar-refractivity contribution in [2.24, 2.45) is 0 Å². The summed E-state index contributed by atoms with van der Waals surface area (Å²) in [5, 5.41) is 0.768. The molecule has 0 unspecified atom stereocenters. The first kappa shape index (κ1) is 12.9. The number of rotatable bonds is 2. The molecule has 3 aromatic rings. The van der Waals surface area contributed by atoms with Gasteiger partial charge in [0.1, 0.15) is 10.8 Å². The zero-order valence-electron chi connectivity index (χ0n) is 10.0. The van der Waals surface area contributed by atoms with E-state index in [0.29, 0.717) is 0 Å². The predicted molar refractivity (Wildman–Crippen MR) is 71.7 cm³/mol. The molecule has 0 N–H and O–H groups in total. The second-order valence-electron chi connectivity index (χ2n) is 4.06. The van der Waals surface area contributed by atoms with Crippen LogP contribution in [0.4, 0.5) is 13.2 Å². The summed E-state index contributed by atoms with van der Waals surface area (Å²) in [6.45, 7) is 0. The highest BCUT2D eigenvalue weighted by molar-refractivity contribution is 7.21. The highest BCUT2D eigenvalue weighted by Gasteiger charge is 2.30. The van der Waals surface area contributed by atoms with Crippen LogP contribution < -0.4 is 4.74 Å². The van der Waals surface area contributed by atoms with E-state index in [1.165, 1.54) is 23.5 Å². The zero-order valence-corrected chi connectivity index (χ0v) is 10.8. The lowest BCUT2D eigenvalue weighted by Crippen LogP contribution is -2.16. The number of benzene rings is 2. The van der Waals surface area contributed by atoms with Crippen molar-refractivity contribution in [3.05, 3.63) is 48.5 Å². The average molecular weight is 295 g/mol. The Morgan fingerprint density at radius 1 is 0.950 bits per heavy atom. The number of thiazole rings is 1. The lowest BCUT2D eigenvalue weighted by molar-refractivity contribution is -0.274. The van der Waals surface area contributed by atoms with Crippen LogP contribution in [-0.4, -0.2) is 11.3 Å². The number of aromatic nitrogens is 1. The highest BCUT2D eigenvalue weighted by atomic mass is 32.1. The summed E-state index contributed by atoms with van der Waals surface area (Å²) in [6, 6.07) is 13.4. The lowest BCUT2D eigenvalue weighted by atomic mass is 10.2. The number of para-hydroxylation sites is 1. The van der Waals surface area contributed by atoms with E-state index in [0.717, 1.165) is 20.8 Å². The number of hydrogen-bond donors (Lipinski definition) is 0. The molecule has 0 amide bonds. The maximum atomic E-state index is 12.1. The average Bonchev–Trinajstić information content (AvgIpc) is 2.81. The molecule has 0 spiro atoms. The Labute approximate surface area is 116 Å². The number of halogens is 3. The van der Waals surface area contributed by atoms with Gasteiger partial charge in [-0.25, -0.2) is 4.98 Å². The molecule has 2 nitrogen and oxygen atoms in total. The summed E-state index contributed by atoms with van der Waals surface area (Å²) < 4.78 is 41.1. The summed E-state index contributed by atoms with van der Waals surface area (Å²) in [4.78, 5) is 4.44. The molecule has 0 aliphatic carbocycles. The number of hydrogen-bond acceptors (Lipinski definition) is 3. The SMILES string of the molecule is FC(F)(F)Oc1ccc(-c2nc3ccccc3s2)cc1. The number of ether oxygens (including phenoxy) is 1. The molecule has 0 aliphatic rings.